The van der Waals surface area contributed by atoms with Crippen LogP contribution >= 0.6 is 0 Å². The number of carbonyl (C=O) groups is 1. The summed E-state index contributed by atoms with van der Waals surface area (Å²) in [6.45, 7) is 5.12. The smallest absolute Gasteiger partial charge is 0.423 e. The molecule has 17 heavy (non-hydrogen) atoms. The summed E-state index contributed by atoms with van der Waals surface area (Å²) < 4.78 is 0. The van der Waals surface area contributed by atoms with Gasteiger partial charge >= 0.3 is 13.1 Å². The summed E-state index contributed by atoms with van der Waals surface area (Å²) in [5.41, 5.74) is 1.03. The minimum absolute atomic E-state index is 0.160. The van der Waals surface area contributed by atoms with E-state index in [4.69, 9.17) is 10.0 Å². The van der Waals surface area contributed by atoms with Crippen LogP contribution in [0.4, 0.5) is 10.5 Å². The third-order valence-electron chi connectivity index (χ3n) is 2.51. The molecule has 0 bridgehead atoms. The maximum Gasteiger partial charge on any atom is 0.488 e. The highest BCUT2D eigenvalue weighted by Gasteiger charge is 2.12. The SMILES string of the molecule is CCN(CC)C(=O)Nc1ccc(B(O)O)cc1. The van der Waals surface area contributed by atoms with Gasteiger partial charge in [0.05, 0.1) is 0 Å². The van der Waals surface area contributed by atoms with Crippen LogP contribution in [0.3, 0.4) is 0 Å². The molecule has 0 fully saturated rings. The van der Waals surface area contributed by atoms with Crippen LogP contribution in [0.1, 0.15) is 13.8 Å². The lowest BCUT2D eigenvalue weighted by Crippen LogP contribution is -2.34. The van der Waals surface area contributed by atoms with Crippen molar-refractivity contribution in [1.29, 1.82) is 0 Å². The number of rotatable bonds is 4. The van der Waals surface area contributed by atoms with Crippen LogP contribution in [0.15, 0.2) is 24.3 Å². The zero-order chi connectivity index (χ0) is 12.8. The second kappa shape index (κ2) is 6.27. The van der Waals surface area contributed by atoms with Crippen molar-refractivity contribution in [2.45, 2.75) is 13.8 Å². The molecule has 1 aromatic carbocycles. The Morgan fingerprint density at radius 1 is 1.24 bits per heavy atom. The minimum Gasteiger partial charge on any atom is -0.423 e. The van der Waals surface area contributed by atoms with Crippen molar-refractivity contribution < 1.29 is 14.8 Å². The van der Waals surface area contributed by atoms with Crippen LogP contribution in [0.25, 0.3) is 0 Å². The molecule has 0 aliphatic rings. The van der Waals surface area contributed by atoms with Crippen molar-refractivity contribution in [2.24, 2.45) is 0 Å². The molecule has 0 aromatic heterocycles. The molecule has 0 unspecified atom stereocenters. The van der Waals surface area contributed by atoms with E-state index in [9.17, 15) is 4.79 Å². The third kappa shape index (κ3) is 3.76. The van der Waals surface area contributed by atoms with Crippen LogP contribution in [-0.4, -0.2) is 41.2 Å². The van der Waals surface area contributed by atoms with E-state index in [1.807, 2.05) is 13.8 Å². The van der Waals surface area contributed by atoms with Crippen molar-refractivity contribution in [3.8, 4) is 0 Å². The van der Waals surface area contributed by atoms with Gasteiger partial charge in [0.15, 0.2) is 0 Å². The van der Waals surface area contributed by atoms with Gasteiger partial charge in [0.25, 0.3) is 0 Å². The fourth-order valence-corrected chi connectivity index (χ4v) is 1.45. The van der Waals surface area contributed by atoms with Gasteiger partial charge in [0, 0.05) is 18.8 Å². The van der Waals surface area contributed by atoms with E-state index in [1.165, 1.54) is 0 Å². The largest absolute Gasteiger partial charge is 0.488 e. The number of hydrogen-bond acceptors (Lipinski definition) is 3. The average molecular weight is 236 g/mol. The van der Waals surface area contributed by atoms with Crippen LogP contribution < -0.4 is 10.8 Å². The maximum absolute atomic E-state index is 11.7. The number of carbonyl (C=O) groups excluding carboxylic acids is 1. The van der Waals surface area contributed by atoms with E-state index < -0.39 is 7.12 Å². The topological polar surface area (TPSA) is 72.8 Å². The Labute approximate surface area is 101 Å². The molecule has 0 aliphatic heterocycles. The second-order valence-corrected chi connectivity index (χ2v) is 3.60. The predicted molar refractivity (Wildman–Crippen MR) is 68.2 cm³/mol. The van der Waals surface area contributed by atoms with Crippen LogP contribution in [0.5, 0.6) is 0 Å². The van der Waals surface area contributed by atoms with Gasteiger partial charge in [-0.1, -0.05) is 12.1 Å². The van der Waals surface area contributed by atoms with Crippen LogP contribution in [0, 0.1) is 0 Å². The Balaban J connectivity index is 2.66. The van der Waals surface area contributed by atoms with Gasteiger partial charge in [-0.3, -0.25) is 0 Å². The van der Waals surface area contributed by atoms with Crippen LogP contribution in [-0.2, 0) is 0 Å². The summed E-state index contributed by atoms with van der Waals surface area (Å²) in [6.07, 6.45) is 0. The standard InChI is InChI=1S/C11H17BN2O3/c1-3-14(4-2)11(15)13-10-7-5-9(6-8-10)12(16)17/h5-8,16-17H,3-4H2,1-2H3,(H,13,15). The lowest BCUT2D eigenvalue weighted by molar-refractivity contribution is 0.217. The lowest BCUT2D eigenvalue weighted by Gasteiger charge is -2.19. The van der Waals surface area contributed by atoms with Gasteiger partial charge < -0.3 is 20.3 Å². The van der Waals surface area contributed by atoms with Crippen LogP contribution in [0.2, 0.25) is 0 Å². The lowest BCUT2D eigenvalue weighted by atomic mass is 9.80. The molecule has 92 valence electrons. The fourth-order valence-electron chi connectivity index (χ4n) is 1.45. The molecule has 3 N–H and O–H groups in total. The van der Waals surface area contributed by atoms with E-state index in [2.05, 4.69) is 5.32 Å². The first kappa shape index (κ1) is 13.5. The summed E-state index contributed by atoms with van der Waals surface area (Å²) in [5, 5.41) is 20.6. The quantitative estimate of drug-likeness (QED) is 0.655. The molecule has 0 atom stereocenters. The Morgan fingerprint density at radius 2 is 1.76 bits per heavy atom. The maximum atomic E-state index is 11.7. The van der Waals surface area contributed by atoms with E-state index >= 15 is 0 Å². The number of nitrogens with zero attached hydrogens (tertiary/aromatic N) is 1. The first-order valence-corrected chi connectivity index (χ1v) is 5.60. The normalized spacial score (nSPS) is 9.88. The van der Waals surface area contributed by atoms with E-state index in [-0.39, 0.29) is 6.03 Å². The number of urea groups is 1. The molecular formula is C11H17BN2O3. The van der Waals surface area contributed by atoms with E-state index in [1.54, 1.807) is 29.2 Å². The van der Waals surface area contributed by atoms with Gasteiger partial charge in [0.2, 0.25) is 0 Å². The molecule has 1 rings (SSSR count). The highest BCUT2D eigenvalue weighted by Crippen LogP contribution is 2.05. The molecule has 0 radical (unpaired) electrons. The van der Waals surface area contributed by atoms with Crippen molar-refractivity contribution in [1.82, 2.24) is 4.90 Å². The van der Waals surface area contributed by atoms with E-state index in [0.29, 0.717) is 24.2 Å². The Kier molecular flexibility index (Phi) is 4.99. The molecular weight excluding hydrogens is 219 g/mol. The minimum atomic E-state index is -1.48. The molecule has 5 nitrogen and oxygen atoms in total. The molecule has 1 aromatic rings. The van der Waals surface area contributed by atoms with Gasteiger partial charge in [-0.25, -0.2) is 4.79 Å². The summed E-state index contributed by atoms with van der Waals surface area (Å²) in [4.78, 5) is 13.4. The highest BCUT2D eigenvalue weighted by molar-refractivity contribution is 6.58. The summed E-state index contributed by atoms with van der Waals surface area (Å²) in [7, 11) is -1.48. The summed E-state index contributed by atoms with van der Waals surface area (Å²) >= 11 is 0. The van der Waals surface area contributed by atoms with Gasteiger partial charge in [-0.15, -0.1) is 0 Å². The Bertz CT molecular complexity index is 363. The Morgan fingerprint density at radius 3 is 2.18 bits per heavy atom. The predicted octanol–water partition coefficient (Wildman–Crippen LogP) is 0.240. The summed E-state index contributed by atoms with van der Waals surface area (Å²) in [5.74, 6) is 0. The van der Waals surface area contributed by atoms with Gasteiger partial charge in [0.1, 0.15) is 0 Å². The molecule has 0 spiro atoms. The molecule has 0 saturated heterocycles. The number of amides is 2. The fraction of sp³-hybridized carbons (Fsp3) is 0.364. The van der Waals surface area contributed by atoms with Crippen molar-refractivity contribution in [2.75, 3.05) is 18.4 Å². The van der Waals surface area contributed by atoms with E-state index in [0.717, 1.165) is 0 Å². The average Bonchev–Trinajstić information content (AvgIpc) is 2.31. The van der Waals surface area contributed by atoms with Gasteiger partial charge in [-0.05, 0) is 31.4 Å². The number of benzene rings is 1. The summed E-state index contributed by atoms with van der Waals surface area (Å²) in [6, 6.07) is 6.23. The third-order valence-corrected chi connectivity index (χ3v) is 2.51. The van der Waals surface area contributed by atoms with Crippen molar-refractivity contribution in [3.63, 3.8) is 0 Å². The Hall–Kier alpha value is -1.53. The number of nitrogens with one attached hydrogen (secondary N) is 1. The first-order valence-electron chi connectivity index (χ1n) is 5.60. The zero-order valence-electron chi connectivity index (χ0n) is 10.1. The number of hydrogen-bond donors (Lipinski definition) is 3. The second-order valence-electron chi connectivity index (χ2n) is 3.60. The van der Waals surface area contributed by atoms with Crippen molar-refractivity contribution >= 4 is 24.3 Å². The molecule has 0 saturated carbocycles. The molecule has 0 heterocycles. The van der Waals surface area contributed by atoms with Crippen molar-refractivity contribution in [3.05, 3.63) is 24.3 Å². The molecule has 0 aliphatic carbocycles. The molecule has 6 heteroatoms. The zero-order valence-corrected chi connectivity index (χ0v) is 10.1. The monoisotopic (exact) mass is 236 g/mol. The molecule has 2 amide bonds. The van der Waals surface area contributed by atoms with Gasteiger partial charge in [-0.2, -0.15) is 0 Å². The highest BCUT2D eigenvalue weighted by atomic mass is 16.4. The first-order chi connectivity index (χ1) is 8.08. The number of anilines is 1.